The van der Waals surface area contributed by atoms with Gasteiger partial charge in [-0.05, 0) is 42.8 Å². The number of amides is 1. The fourth-order valence-corrected chi connectivity index (χ4v) is 3.72. The van der Waals surface area contributed by atoms with Crippen molar-refractivity contribution in [3.05, 3.63) is 66.2 Å². The van der Waals surface area contributed by atoms with Crippen LogP contribution in [0.1, 0.15) is 12.0 Å². The molecular weight excluding hydrogens is 385 g/mol. The molecule has 0 N–H and O–H groups in total. The van der Waals surface area contributed by atoms with Gasteiger partial charge >= 0.3 is 0 Å². The van der Waals surface area contributed by atoms with Gasteiger partial charge in [-0.1, -0.05) is 17.3 Å². The van der Waals surface area contributed by atoms with Gasteiger partial charge in [0.15, 0.2) is 0 Å². The van der Waals surface area contributed by atoms with Crippen LogP contribution in [0.3, 0.4) is 0 Å². The van der Waals surface area contributed by atoms with E-state index in [-0.39, 0.29) is 11.7 Å². The topological polar surface area (TPSA) is 58.8 Å². The summed E-state index contributed by atoms with van der Waals surface area (Å²) in [6.07, 6.45) is 2.30. The standard InChI is InChI=1S/C23H24FN3O3/c1-29-19-9-7-18(8-10-19)26-12-14-27(15-13-26)22(28)11-6-17-16-30-25-23(17)20-4-2-3-5-21(20)24/h2-5,7-10,16H,6,11-15H2,1H3. The van der Waals surface area contributed by atoms with Gasteiger partial charge < -0.3 is 19.1 Å². The first kappa shape index (κ1) is 19.9. The lowest BCUT2D eigenvalue weighted by molar-refractivity contribution is -0.131. The summed E-state index contributed by atoms with van der Waals surface area (Å²) in [7, 11) is 1.65. The molecule has 4 rings (SSSR count). The number of hydrogen-bond donors (Lipinski definition) is 0. The molecule has 6 nitrogen and oxygen atoms in total. The average Bonchev–Trinajstić information content (AvgIpc) is 3.26. The number of piperazine rings is 1. The molecule has 0 spiro atoms. The minimum absolute atomic E-state index is 0.0880. The Hall–Kier alpha value is -3.35. The Balaban J connectivity index is 1.32. The van der Waals surface area contributed by atoms with Crippen molar-refractivity contribution in [2.24, 2.45) is 0 Å². The molecule has 2 aromatic carbocycles. The number of methoxy groups -OCH3 is 1. The summed E-state index contributed by atoms with van der Waals surface area (Å²) < 4.78 is 24.3. The van der Waals surface area contributed by atoms with Crippen molar-refractivity contribution in [1.29, 1.82) is 0 Å². The van der Waals surface area contributed by atoms with Gasteiger partial charge in [0.25, 0.3) is 0 Å². The SMILES string of the molecule is COc1ccc(N2CCN(C(=O)CCc3conc3-c3ccccc3F)CC2)cc1. The van der Waals surface area contributed by atoms with Crippen LogP contribution in [0.4, 0.5) is 10.1 Å². The maximum Gasteiger partial charge on any atom is 0.223 e. The van der Waals surface area contributed by atoms with Crippen LogP contribution in [0, 0.1) is 5.82 Å². The second kappa shape index (κ2) is 8.98. The number of carbonyl (C=O) groups is 1. The van der Waals surface area contributed by atoms with Gasteiger partial charge in [0.2, 0.25) is 5.91 Å². The number of hydrogen-bond acceptors (Lipinski definition) is 5. The lowest BCUT2D eigenvalue weighted by Gasteiger charge is -2.36. The Kier molecular flexibility index (Phi) is 5.97. The number of aryl methyl sites for hydroxylation is 1. The largest absolute Gasteiger partial charge is 0.497 e. The molecule has 0 saturated carbocycles. The van der Waals surface area contributed by atoms with Gasteiger partial charge in [-0.3, -0.25) is 4.79 Å². The molecule has 7 heteroatoms. The van der Waals surface area contributed by atoms with Gasteiger partial charge in [-0.15, -0.1) is 0 Å². The summed E-state index contributed by atoms with van der Waals surface area (Å²) in [6.45, 7) is 2.92. The molecule has 3 aromatic rings. The molecular formula is C23H24FN3O3. The Morgan fingerprint density at radius 1 is 1.10 bits per heavy atom. The molecule has 1 aromatic heterocycles. The molecule has 0 radical (unpaired) electrons. The molecule has 1 amide bonds. The molecule has 1 saturated heterocycles. The highest BCUT2D eigenvalue weighted by Gasteiger charge is 2.22. The smallest absolute Gasteiger partial charge is 0.223 e. The fraction of sp³-hybridized carbons (Fsp3) is 0.304. The molecule has 0 aliphatic carbocycles. The predicted molar refractivity (Wildman–Crippen MR) is 112 cm³/mol. The molecule has 30 heavy (non-hydrogen) atoms. The molecule has 1 aliphatic heterocycles. The molecule has 2 heterocycles. The number of benzene rings is 2. The monoisotopic (exact) mass is 409 g/mol. The first-order valence-corrected chi connectivity index (χ1v) is 10.0. The zero-order chi connectivity index (χ0) is 20.9. The van der Waals surface area contributed by atoms with E-state index in [1.807, 2.05) is 29.2 Å². The fourth-order valence-electron chi connectivity index (χ4n) is 3.72. The van der Waals surface area contributed by atoms with Gasteiger partial charge in [0.1, 0.15) is 23.5 Å². The second-order valence-corrected chi connectivity index (χ2v) is 7.23. The van der Waals surface area contributed by atoms with E-state index in [4.69, 9.17) is 9.26 Å². The van der Waals surface area contributed by atoms with E-state index in [1.54, 1.807) is 25.3 Å². The highest BCUT2D eigenvalue weighted by Crippen LogP contribution is 2.26. The molecule has 1 aliphatic rings. The third kappa shape index (κ3) is 4.30. The van der Waals surface area contributed by atoms with Crippen LogP contribution in [-0.4, -0.2) is 49.3 Å². The maximum absolute atomic E-state index is 14.1. The van der Waals surface area contributed by atoms with Gasteiger partial charge in [0, 0.05) is 49.4 Å². The number of ether oxygens (including phenoxy) is 1. The van der Waals surface area contributed by atoms with Crippen LogP contribution >= 0.6 is 0 Å². The quantitative estimate of drug-likeness (QED) is 0.620. The van der Waals surface area contributed by atoms with Gasteiger partial charge in [-0.25, -0.2) is 4.39 Å². The number of carbonyl (C=O) groups excluding carboxylic acids is 1. The first-order chi connectivity index (χ1) is 14.7. The Bertz CT molecular complexity index is 995. The van der Waals surface area contributed by atoms with Crippen LogP contribution in [0.15, 0.2) is 59.3 Å². The summed E-state index contributed by atoms with van der Waals surface area (Å²) in [6, 6.07) is 14.4. The second-order valence-electron chi connectivity index (χ2n) is 7.23. The average molecular weight is 409 g/mol. The molecule has 0 bridgehead atoms. The van der Waals surface area contributed by atoms with E-state index in [1.165, 1.54) is 12.3 Å². The number of nitrogens with zero attached hydrogens (tertiary/aromatic N) is 3. The van der Waals surface area contributed by atoms with Crippen LogP contribution in [0.2, 0.25) is 0 Å². The summed E-state index contributed by atoms with van der Waals surface area (Å²) >= 11 is 0. The van der Waals surface area contributed by atoms with Crippen LogP contribution in [-0.2, 0) is 11.2 Å². The van der Waals surface area contributed by atoms with E-state index < -0.39 is 0 Å². The van der Waals surface area contributed by atoms with Crippen LogP contribution in [0.5, 0.6) is 5.75 Å². The number of rotatable bonds is 6. The van der Waals surface area contributed by atoms with Crippen LogP contribution < -0.4 is 9.64 Å². The number of anilines is 1. The molecule has 0 unspecified atom stereocenters. The predicted octanol–water partition coefficient (Wildman–Crippen LogP) is 3.77. The highest BCUT2D eigenvalue weighted by molar-refractivity contribution is 5.77. The lowest BCUT2D eigenvalue weighted by atomic mass is 10.0. The first-order valence-electron chi connectivity index (χ1n) is 10.0. The Labute approximate surface area is 174 Å². The third-order valence-electron chi connectivity index (χ3n) is 5.45. The third-order valence-corrected chi connectivity index (χ3v) is 5.45. The lowest BCUT2D eigenvalue weighted by Crippen LogP contribution is -2.48. The van der Waals surface area contributed by atoms with Crippen molar-refractivity contribution in [2.75, 3.05) is 38.2 Å². The zero-order valence-corrected chi connectivity index (χ0v) is 16.9. The van der Waals surface area contributed by atoms with Crippen molar-refractivity contribution < 1.29 is 18.4 Å². The van der Waals surface area contributed by atoms with E-state index in [2.05, 4.69) is 10.1 Å². The molecule has 156 valence electrons. The van der Waals surface area contributed by atoms with E-state index in [0.717, 1.165) is 30.1 Å². The van der Waals surface area contributed by atoms with E-state index in [0.29, 0.717) is 37.2 Å². The normalized spacial score (nSPS) is 14.1. The minimum atomic E-state index is -0.353. The van der Waals surface area contributed by atoms with Crippen LogP contribution in [0.25, 0.3) is 11.3 Å². The summed E-state index contributed by atoms with van der Waals surface area (Å²) in [5.74, 6) is 0.565. The Morgan fingerprint density at radius 3 is 2.53 bits per heavy atom. The summed E-state index contributed by atoms with van der Waals surface area (Å²) in [5, 5.41) is 3.94. The molecule has 1 fully saturated rings. The Morgan fingerprint density at radius 2 is 1.83 bits per heavy atom. The summed E-state index contributed by atoms with van der Waals surface area (Å²) in [5.41, 5.74) is 2.72. The minimum Gasteiger partial charge on any atom is -0.497 e. The number of aromatic nitrogens is 1. The van der Waals surface area contributed by atoms with E-state index >= 15 is 0 Å². The maximum atomic E-state index is 14.1. The van der Waals surface area contributed by atoms with Crippen molar-refractivity contribution in [1.82, 2.24) is 10.1 Å². The zero-order valence-electron chi connectivity index (χ0n) is 16.9. The van der Waals surface area contributed by atoms with Gasteiger partial charge in [-0.2, -0.15) is 0 Å². The van der Waals surface area contributed by atoms with E-state index in [9.17, 15) is 9.18 Å². The van der Waals surface area contributed by atoms with Crippen molar-refractivity contribution in [3.8, 4) is 17.0 Å². The number of halogens is 1. The van der Waals surface area contributed by atoms with Crippen molar-refractivity contribution in [3.63, 3.8) is 0 Å². The molecule has 0 atom stereocenters. The van der Waals surface area contributed by atoms with Crippen molar-refractivity contribution in [2.45, 2.75) is 12.8 Å². The highest BCUT2D eigenvalue weighted by atomic mass is 19.1. The summed E-state index contributed by atoms with van der Waals surface area (Å²) in [4.78, 5) is 16.8. The van der Waals surface area contributed by atoms with Gasteiger partial charge in [0.05, 0.1) is 7.11 Å². The van der Waals surface area contributed by atoms with Crippen molar-refractivity contribution >= 4 is 11.6 Å².